The lowest BCUT2D eigenvalue weighted by Gasteiger charge is -2.18. The summed E-state index contributed by atoms with van der Waals surface area (Å²) in [5, 5.41) is 3.30. The van der Waals surface area contributed by atoms with E-state index in [0.29, 0.717) is 11.9 Å². The van der Waals surface area contributed by atoms with Crippen molar-refractivity contribution in [2.24, 2.45) is 0 Å². The van der Waals surface area contributed by atoms with Crippen molar-refractivity contribution in [3.63, 3.8) is 0 Å². The summed E-state index contributed by atoms with van der Waals surface area (Å²) < 4.78 is 1.01. The Bertz CT molecular complexity index is 571. The van der Waals surface area contributed by atoms with Crippen molar-refractivity contribution < 1.29 is 0 Å². The molecule has 1 aromatic heterocycles. The molecule has 0 saturated heterocycles. The van der Waals surface area contributed by atoms with E-state index in [-0.39, 0.29) is 5.28 Å². The minimum Gasteiger partial charge on any atom is -0.341 e. The number of nitrogens with zero attached hydrogens (tertiary/aromatic N) is 4. The van der Waals surface area contributed by atoms with Crippen molar-refractivity contribution in [1.82, 2.24) is 15.0 Å². The second kappa shape index (κ2) is 6.85. The largest absolute Gasteiger partial charge is 0.341 e. The standard InChI is InChI=1S/C13H15BrClN5/c1-3-20(4-2)13-18-11(15)17-12(19-13)16-10-7-5-9(14)6-8-10/h5-8H,3-4H2,1-2H3,(H,16,17,18,19). The zero-order valence-corrected chi connectivity index (χ0v) is 13.6. The molecule has 1 N–H and O–H groups in total. The fourth-order valence-corrected chi connectivity index (χ4v) is 2.13. The number of nitrogens with one attached hydrogen (secondary N) is 1. The summed E-state index contributed by atoms with van der Waals surface area (Å²) in [6.45, 7) is 5.72. The third-order valence-corrected chi connectivity index (χ3v) is 3.44. The molecule has 0 amide bonds. The van der Waals surface area contributed by atoms with Crippen molar-refractivity contribution in [1.29, 1.82) is 0 Å². The molecule has 0 aliphatic rings. The molecule has 7 heteroatoms. The van der Waals surface area contributed by atoms with Gasteiger partial charge in [0.15, 0.2) is 0 Å². The Hall–Kier alpha value is -1.40. The van der Waals surface area contributed by atoms with Crippen LogP contribution in [0.5, 0.6) is 0 Å². The van der Waals surface area contributed by atoms with Gasteiger partial charge >= 0.3 is 0 Å². The molecule has 0 spiro atoms. The van der Waals surface area contributed by atoms with Gasteiger partial charge in [0.05, 0.1) is 0 Å². The summed E-state index contributed by atoms with van der Waals surface area (Å²) in [7, 11) is 0. The SMILES string of the molecule is CCN(CC)c1nc(Cl)nc(Nc2ccc(Br)cc2)n1. The molecule has 0 saturated carbocycles. The first kappa shape index (κ1) is 15.0. The van der Waals surface area contributed by atoms with Crippen LogP contribution >= 0.6 is 27.5 Å². The van der Waals surface area contributed by atoms with E-state index in [1.807, 2.05) is 43.0 Å². The molecule has 0 aliphatic heterocycles. The predicted molar refractivity (Wildman–Crippen MR) is 85.8 cm³/mol. The molecule has 5 nitrogen and oxygen atoms in total. The molecule has 20 heavy (non-hydrogen) atoms. The fourth-order valence-electron chi connectivity index (χ4n) is 1.71. The second-order valence-electron chi connectivity index (χ2n) is 4.03. The van der Waals surface area contributed by atoms with Crippen LogP contribution in [-0.4, -0.2) is 28.0 Å². The van der Waals surface area contributed by atoms with Crippen LogP contribution in [0.15, 0.2) is 28.7 Å². The Morgan fingerprint density at radius 2 is 1.75 bits per heavy atom. The monoisotopic (exact) mass is 355 g/mol. The highest BCUT2D eigenvalue weighted by Crippen LogP contribution is 2.19. The summed E-state index contributed by atoms with van der Waals surface area (Å²) in [6.07, 6.45) is 0. The van der Waals surface area contributed by atoms with Gasteiger partial charge in [-0.1, -0.05) is 15.9 Å². The van der Waals surface area contributed by atoms with Crippen molar-refractivity contribution in [3.8, 4) is 0 Å². The Morgan fingerprint density at radius 1 is 1.10 bits per heavy atom. The second-order valence-corrected chi connectivity index (χ2v) is 5.29. The van der Waals surface area contributed by atoms with Gasteiger partial charge < -0.3 is 10.2 Å². The third kappa shape index (κ3) is 3.80. The van der Waals surface area contributed by atoms with Crippen molar-refractivity contribution in [2.75, 3.05) is 23.3 Å². The highest BCUT2D eigenvalue weighted by molar-refractivity contribution is 9.10. The van der Waals surface area contributed by atoms with E-state index in [1.54, 1.807) is 0 Å². The van der Waals surface area contributed by atoms with Gasteiger partial charge in [-0.2, -0.15) is 15.0 Å². The van der Waals surface area contributed by atoms with Gasteiger partial charge in [-0.25, -0.2) is 0 Å². The van der Waals surface area contributed by atoms with E-state index >= 15 is 0 Å². The van der Waals surface area contributed by atoms with E-state index in [4.69, 9.17) is 11.6 Å². The summed E-state index contributed by atoms with van der Waals surface area (Å²) in [5.74, 6) is 1.02. The molecular formula is C13H15BrClN5. The van der Waals surface area contributed by atoms with Gasteiger partial charge in [0, 0.05) is 23.2 Å². The van der Waals surface area contributed by atoms with Crippen molar-refractivity contribution >= 4 is 45.1 Å². The van der Waals surface area contributed by atoms with Crippen LogP contribution in [0.2, 0.25) is 5.28 Å². The number of anilines is 3. The van der Waals surface area contributed by atoms with Gasteiger partial charge in [-0.15, -0.1) is 0 Å². The predicted octanol–water partition coefficient (Wildman–Crippen LogP) is 3.88. The van der Waals surface area contributed by atoms with Gasteiger partial charge in [0.1, 0.15) is 0 Å². The molecule has 1 aromatic carbocycles. The van der Waals surface area contributed by atoms with Gasteiger partial charge in [0.25, 0.3) is 0 Å². The minimum atomic E-state index is 0.182. The third-order valence-electron chi connectivity index (χ3n) is 2.74. The van der Waals surface area contributed by atoms with Gasteiger partial charge in [-0.05, 0) is 49.7 Å². The first-order valence-corrected chi connectivity index (χ1v) is 7.48. The van der Waals surface area contributed by atoms with Gasteiger partial charge in [0.2, 0.25) is 17.2 Å². The maximum absolute atomic E-state index is 5.96. The number of benzene rings is 1. The van der Waals surface area contributed by atoms with Crippen LogP contribution < -0.4 is 10.2 Å². The molecule has 0 radical (unpaired) electrons. The molecule has 0 atom stereocenters. The highest BCUT2D eigenvalue weighted by atomic mass is 79.9. The molecule has 2 aromatic rings. The van der Waals surface area contributed by atoms with E-state index in [2.05, 4.69) is 36.2 Å². The average molecular weight is 357 g/mol. The molecular weight excluding hydrogens is 342 g/mol. The lowest BCUT2D eigenvalue weighted by atomic mass is 10.3. The van der Waals surface area contributed by atoms with Gasteiger partial charge in [-0.3, -0.25) is 0 Å². The molecule has 0 aliphatic carbocycles. The molecule has 2 rings (SSSR count). The maximum Gasteiger partial charge on any atom is 0.233 e. The van der Waals surface area contributed by atoms with Crippen LogP contribution in [0.25, 0.3) is 0 Å². The average Bonchev–Trinajstić information content (AvgIpc) is 2.42. The van der Waals surface area contributed by atoms with Crippen LogP contribution in [-0.2, 0) is 0 Å². The highest BCUT2D eigenvalue weighted by Gasteiger charge is 2.10. The van der Waals surface area contributed by atoms with Crippen molar-refractivity contribution in [2.45, 2.75) is 13.8 Å². The molecule has 0 bridgehead atoms. The first-order valence-electron chi connectivity index (χ1n) is 6.31. The minimum absolute atomic E-state index is 0.182. The maximum atomic E-state index is 5.96. The molecule has 1 heterocycles. The Labute approximate surface area is 131 Å². The van der Waals surface area contributed by atoms with E-state index in [1.165, 1.54) is 0 Å². The number of aromatic nitrogens is 3. The Balaban J connectivity index is 2.25. The zero-order chi connectivity index (χ0) is 14.5. The zero-order valence-electron chi connectivity index (χ0n) is 11.3. The quantitative estimate of drug-likeness (QED) is 0.881. The Morgan fingerprint density at radius 3 is 2.35 bits per heavy atom. The fraction of sp³-hybridized carbons (Fsp3) is 0.308. The normalized spacial score (nSPS) is 10.4. The van der Waals surface area contributed by atoms with Crippen LogP contribution in [0.3, 0.4) is 0 Å². The summed E-state index contributed by atoms with van der Waals surface area (Å²) in [4.78, 5) is 14.7. The topological polar surface area (TPSA) is 53.9 Å². The molecule has 106 valence electrons. The number of hydrogen-bond acceptors (Lipinski definition) is 5. The van der Waals surface area contributed by atoms with E-state index < -0.39 is 0 Å². The number of rotatable bonds is 5. The first-order chi connectivity index (χ1) is 9.62. The Kier molecular flexibility index (Phi) is 5.14. The van der Waals surface area contributed by atoms with Crippen LogP contribution in [0.1, 0.15) is 13.8 Å². The number of hydrogen-bond donors (Lipinski definition) is 1. The number of halogens is 2. The van der Waals surface area contributed by atoms with Crippen LogP contribution in [0, 0.1) is 0 Å². The van der Waals surface area contributed by atoms with Crippen molar-refractivity contribution in [3.05, 3.63) is 34.0 Å². The summed E-state index contributed by atoms with van der Waals surface area (Å²) in [5.41, 5.74) is 0.890. The molecule has 0 unspecified atom stereocenters. The lowest BCUT2D eigenvalue weighted by Crippen LogP contribution is -2.24. The van der Waals surface area contributed by atoms with E-state index in [9.17, 15) is 0 Å². The smallest absolute Gasteiger partial charge is 0.233 e. The lowest BCUT2D eigenvalue weighted by molar-refractivity contribution is 0.814. The summed E-state index contributed by atoms with van der Waals surface area (Å²) in [6, 6.07) is 7.74. The van der Waals surface area contributed by atoms with Crippen LogP contribution in [0.4, 0.5) is 17.6 Å². The van der Waals surface area contributed by atoms with E-state index in [0.717, 1.165) is 23.2 Å². The molecule has 0 fully saturated rings. The summed E-state index contributed by atoms with van der Waals surface area (Å²) >= 11 is 9.36.